The van der Waals surface area contributed by atoms with E-state index in [0.29, 0.717) is 0 Å². The highest BCUT2D eigenvalue weighted by Crippen LogP contribution is 2.21. The molecule has 10 heavy (non-hydrogen) atoms. The maximum atomic E-state index is 11.7. The van der Waals surface area contributed by atoms with Crippen molar-refractivity contribution in [3.05, 3.63) is 0 Å². The number of cyclic esters (lactones) is 2. The van der Waals surface area contributed by atoms with Crippen molar-refractivity contribution in [3.8, 4) is 0 Å². The lowest BCUT2D eigenvalue weighted by molar-refractivity contribution is 0.122. The van der Waals surface area contributed by atoms with Crippen molar-refractivity contribution >= 4 is 15.2 Å². The van der Waals surface area contributed by atoms with Crippen molar-refractivity contribution < 1.29 is 26.6 Å². The monoisotopic (exact) mass is 172 g/mol. The second-order valence-electron chi connectivity index (χ2n) is 1.71. The van der Waals surface area contributed by atoms with E-state index in [0.717, 1.165) is 0 Å². The predicted molar refractivity (Wildman–Crippen MR) is 25.3 cm³/mol. The molecule has 0 N–H and O–H groups in total. The SMILES string of the molecule is O=C1OCC([Si](F)(F)F)O1. The van der Waals surface area contributed by atoms with Gasteiger partial charge in [-0.15, -0.1) is 0 Å². The molecule has 1 heterocycles. The number of rotatable bonds is 1. The first kappa shape index (κ1) is 7.38. The molecule has 0 aromatic rings. The number of carbonyl (C=O) groups excluding carboxylic acids is 1. The Balaban J connectivity index is 2.53. The summed E-state index contributed by atoms with van der Waals surface area (Å²) in [5.41, 5.74) is -1.94. The summed E-state index contributed by atoms with van der Waals surface area (Å²) in [6.45, 7) is -0.672. The van der Waals surface area contributed by atoms with Crippen LogP contribution in [0.25, 0.3) is 0 Å². The normalized spacial score (nSPS) is 25.9. The predicted octanol–water partition coefficient (Wildman–Crippen LogP) is 0.908. The van der Waals surface area contributed by atoms with Crippen molar-refractivity contribution in [2.75, 3.05) is 6.61 Å². The van der Waals surface area contributed by atoms with Crippen LogP contribution in [0.5, 0.6) is 0 Å². The van der Waals surface area contributed by atoms with Gasteiger partial charge >= 0.3 is 15.2 Å². The van der Waals surface area contributed by atoms with Gasteiger partial charge in [0.1, 0.15) is 6.61 Å². The molecule has 1 unspecified atom stereocenters. The van der Waals surface area contributed by atoms with Crippen LogP contribution >= 0.6 is 0 Å². The smallest absolute Gasteiger partial charge is 0.430 e. The molecule has 0 aromatic heterocycles. The van der Waals surface area contributed by atoms with E-state index in [1.807, 2.05) is 0 Å². The summed E-state index contributed by atoms with van der Waals surface area (Å²) in [5.74, 6) is 0. The Morgan fingerprint density at radius 2 is 2.10 bits per heavy atom. The van der Waals surface area contributed by atoms with E-state index in [1.54, 1.807) is 0 Å². The molecule has 58 valence electrons. The Morgan fingerprint density at radius 3 is 2.30 bits per heavy atom. The third-order valence-electron chi connectivity index (χ3n) is 0.956. The van der Waals surface area contributed by atoms with Crippen molar-refractivity contribution in [2.45, 2.75) is 5.73 Å². The van der Waals surface area contributed by atoms with Crippen LogP contribution < -0.4 is 0 Å². The maximum absolute atomic E-state index is 11.7. The Kier molecular flexibility index (Phi) is 1.59. The lowest BCUT2D eigenvalue weighted by Gasteiger charge is -2.04. The highest BCUT2D eigenvalue weighted by atomic mass is 28.5. The van der Waals surface area contributed by atoms with Crippen molar-refractivity contribution in [3.63, 3.8) is 0 Å². The Morgan fingerprint density at radius 1 is 1.50 bits per heavy atom. The van der Waals surface area contributed by atoms with Gasteiger partial charge in [0.15, 0.2) is 0 Å². The minimum Gasteiger partial charge on any atom is -0.430 e. The van der Waals surface area contributed by atoms with Gasteiger partial charge in [0.25, 0.3) is 0 Å². The van der Waals surface area contributed by atoms with Crippen molar-refractivity contribution in [1.29, 1.82) is 0 Å². The summed E-state index contributed by atoms with van der Waals surface area (Å²) in [4.78, 5) is 9.98. The molecule has 0 saturated carbocycles. The minimum atomic E-state index is -5.83. The van der Waals surface area contributed by atoms with E-state index in [-0.39, 0.29) is 0 Å². The lowest BCUT2D eigenvalue weighted by Crippen LogP contribution is -2.36. The highest BCUT2D eigenvalue weighted by Gasteiger charge is 2.54. The molecule has 3 nitrogen and oxygen atoms in total. The molecule has 1 fully saturated rings. The molecule has 0 aromatic carbocycles. The second kappa shape index (κ2) is 2.15. The van der Waals surface area contributed by atoms with Crippen molar-refractivity contribution in [1.82, 2.24) is 0 Å². The number of ether oxygens (including phenoxy) is 2. The molecule has 0 spiro atoms. The molecule has 0 aliphatic carbocycles. The summed E-state index contributed by atoms with van der Waals surface area (Å²) in [6.07, 6.45) is -1.23. The van der Waals surface area contributed by atoms with E-state index >= 15 is 0 Å². The van der Waals surface area contributed by atoms with Crippen LogP contribution in [-0.4, -0.2) is 27.6 Å². The van der Waals surface area contributed by atoms with Crippen molar-refractivity contribution in [2.24, 2.45) is 0 Å². The molecule has 0 bridgehead atoms. The largest absolute Gasteiger partial charge is 0.663 e. The fourth-order valence-electron chi connectivity index (χ4n) is 0.489. The molecule has 0 radical (unpaired) electrons. The summed E-state index contributed by atoms with van der Waals surface area (Å²) < 4.78 is 42.9. The molecule has 1 atom stereocenters. The molecule has 0 amide bonds. The maximum Gasteiger partial charge on any atom is 0.663 e. The zero-order chi connectivity index (χ0) is 7.78. The van der Waals surface area contributed by atoms with Gasteiger partial charge in [-0.05, 0) is 0 Å². The number of halogens is 3. The first-order valence-electron chi connectivity index (χ1n) is 2.40. The number of hydrogen-bond acceptors (Lipinski definition) is 3. The van der Waals surface area contributed by atoms with Gasteiger partial charge in [0.05, 0.1) is 0 Å². The second-order valence-corrected chi connectivity index (χ2v) is 3.44. The van der Waals surface area contributed by atoms with Gasteiger partial charge < -0.3 is 9.47 Å². The van der Waals surface area contributed by atoms with Gasteiger partial charge in [-0.3, -0.25) is 0 Å². The molecule has 1 aliphatic heterocycles. The Hall–Kier alpha value is -0.723. The average molecular weight is 172 g/mol. The Labute approximate surface area is 55.3 Å². The lowest BCUT2D eigenvalue weighted by atomic mass is 10.8. The van der Waals surface area contributed by atoms with Gasteiger partial charge in [0.2, 0.25) is 5.73 Å². The third kappa shape index (κ3) is 1.41. The van der Waals surface area contributed by atoms with Crippen LogP contribution in [0.4, 0.5) is 17.1 Å². The standard InChI is InChI=1S/C3H3F3O3Si/c4-10(5,6)2-1-8-3(7)9-2/h2H,1H2. The van der Waals surface area contributed by atoms with Crippen LogP contribution in [-0.2, 0) is 9.47 Å². The van der Waals surface area contributed by atoms with E-state index in [1.165, 1.54) is 0 Å². The Bertz CT molecular complexity index is 156. The first-order chi connectivity index (χ1) is 4.50. The molecule has 1 rings (SSSR count). The van der Waals surface area contributed by atoms with E-state index in [2.05, 4.69) is 9.47 Å². The average Bonchev–Trinajstić information content (AvgIpc) is 2.11. The van der Waals surface area contributed by atoms with Crippen LogP contribution in [0.1, 0.15) is 0 Å². The van der Waals surface area contributed by atoms with E-state index in [9.17, 15) is 17.1 Å². The minimum absolute atomic E-state index is 0.672. The molecular formula is C3H3F3O3Si. The first-order valence-corrected chi connectivity index (χ1v) is 4.11. The third-order valence-corrected chi connectivity index (χ3v) is 1.97. The molecule has 1 saturated heterocycles. The zero-order valence-electron chi connectivity index (χ0n) is 4.64. The summed E-state index contributed by atoms with van der Waals surface area (Å²) in [5, 5.41) is 0. The fourth-order valence-corrected chi connectivity index (χ4v) is 0.991. The van der Waals surface area contributed by atoms with Gasteiger partial charge in [-0.2, -0.15) is 0 Å². The topological polar surface area (TPSA) is 35.5 Å². The van der Waals surface area contributed by atoms with E-state index < -0.39 is 27.6 Å². The van der Waals surface area contributed by atoms with Crippen LogP contribution in [0.3, 0.4) is 0 Å². The van der Waals surface area contributed by atoms with Gasteiger partial charge in [-0.25, -0.2) is 17.1 Å². The molecule has 1 aliphatic rings. The molecule has 7 heteroatoms. The summed E-state index contributed by atoms with van der Waals surface area (Å²) in [6, 6.07) is 0. The van der Waals surface area contributed by atoms with E-state index in [4.69, 9.17) is 0 Å². The van der Waals surface area contributed by atoms with Crippen LogP contribution in [0.2, 0.25) is 0 Å². The summed E-state index contributed by atoms with van der Waals surface area (Å²) >= 11 is 0. The zero-order valence-corrected chi connectivity index (χ0v) is 5.64. The van der Waals surface area contributed by atoms with Crippen LogP contribution in [0, 0.1) is 0 Å². The molecular weight excluding hydrogens is 169 g/mol. The highest BCUT2D eigenvalue weighted by molar-refractivity contribution is 6.60. The van der Waals surface area contributed by atoms with Gasteiger partial charge in [-0.1, -0.05) is 0 Å². The van der Waals surface area contributed by atoms with Crippen LogP contribution in [0.15, 0.2) is 0 Å². The number of carbonyl (C=O) groups is 1. The number of hydrogen-bond donors (Lipinski definition) is 0. The van der Waals surface area contributed by atoms with Gasteiger partial charge in [0, 0.05) is 0 Å². The fraction of sp³-hybridized carbons (Fsp3) is 0.667. The quantitative estimate of drug-likeness (QED) is 0.335. The summed E-state index contributed by atoms with van der Waals surface area (Å²) in [7, 11) is -5.83.